The summed E-state index contributed by atoms with van der Waals surface area (Å²) in [6, 6.07) is 9.14. The molecule has 0 bridgehead atoms. The summed E-state index contributed by atoms with van der Waals surface area (Å²) in [6.45, 7) is 3.40. The molecule has 94 valence electrons. The van der Waals surface area contributed by atoms with Gasteiger partial charge in [-0.1, -0.05) is 35.0 Å². The van der Waals surface area contributed by atoms with Gasteiger partial charge in [0.15, 0.2) is 0 Å². The summed E-state index contributed by atoms with van der Waals surface area (Å²) >= 11 is 5.67. The summed E-state index contributed by atoms with van der Waals surface area (Å²) in [6.07, 6.45) is 3.92. The molecule has 1 aliphatic rings. The first-order valence-electron chi connectivity index (χ1n) is 6.40. The number of thioether (sulfide) groups is 1. The fourth-order valence-corrected chi connectivity index (χ4v) is 3.93. The Bertz CT molecular complexity index is 350. The summed E-state index contributed by atoms with van der Waals surface area (Å²) in [7, 11) is 0. The van der Waals surface area contributed by atoms with Crippen LogP contribution in [0.4, 0.5) is 0 Å². The van der Waals surface area contributed by atoms with E-state index in [9.17, 15) is 0 Å². The minimum absolute atomic E-state index is 0.494. The Morgan fingerprint density at radius 3 is 3.06 bits per heavy atom. The maximum absolute atomic E-state index is 3.71. The maximum atomic E-state index is 3.71. The van der Waals surface area contributed by atoms with Crippen molar-refractivity contribution in [2.45, 2.75) is 37.5 Å². The summed E-state index contributed by atoms with van der Waals surface area (Å²) in [5.41, 5.74) is 1.39. The van der Waals surface area contributed by atoms with Crippen LogP contribution in [0.2, 0.25) is 0 Å². The third-order valence-electron chi connectivity index (χ3n) is 3.28. The number of hydrogen-bond acceptors (Lipinski definition) is 2. The van der Waals surface area contributed by atoms with E-state index in [1.54, 1.807) is 0 Å². The third-order valence-corrected chi connectivity index (χ3v) is 5.17. The number of halogens is 1. The lowest BCUT2D eigenvalue weighted by Crippen LogP contribution is -2.27. The molecule has 0 radical (unpaired) electrons. The molecular formula is C14H20BrNS. The fourth-order valence-electron chi connectivity index (χ4n) is 2.30. The van der Waals surface area contributed by atoms with Crippen LogP contribution >= 0.6 is 27.7 Å². The lowest BCUT2D eigenvalue weighted by Gasteiger charge is -2.20. The highest BCUT2D eigenvalue weighted by Gasteiger charge is 2.17. The lowest BCUT2D eigenvalue weighted by molar-refractivity contribution is 0.512. The van der Waals surface area contributed by atoms with Crippen molar-refractivity contribution < 1.29 is 0 Å². The highest BCUT2D eigenvalue weighted by molar-refractivity contribution is 9.10. The van der Waals surface area contributed by atoms with Crippen molar-refractivity contribution in [3.63, 3.8) is 0 Å². The topological polar surface area (TPSA) is 12.0 Å². The molecule has 1 aliphatic heterocycles. The first-order chi connectivity index (χ1) is 8.29. The smallest absolute Gasteiger partial charge is 0.0318 e. The van der Waals surface area contributed by atoms with Crippen LogP contribution in [0.25, 0.3) is 0 Å². The van der Waals surface area contributed by atoms with Gasteiger partial charge in [0.2, 0.25) is 0 Å². The van der Waals surface area contributed by atoms with E-state index in [-0.39, 0.29) is 0 Å². The monoisotopic (exact) mass is 313 g/mol. The molecule has 2 atom stereocenters. The molecule has 3 heteroatoms. The first-order valence-corrected chi connectivity index (χ1v) is 8.24. The Hall–Kier alpha value is 0.01000. The fraction of sp³-hybridized carbons (Fsp3) is 0.571. The Balaban J connectivity index is 1.91. The molecule has 0 spiro atoms. The van der Waals surface area contributed by atoms with E-state index in [4.69, 9.17) is 0 Å². The van der Waals surface area contributed by atoms with Crippen LogP contribution in [0.3, 0.4) is 0 Å². The molecule has 0 aromatic heterocycles. The van der Waals surface area contributed by atoms with Crippen LogP contribution in [0.1, 0.15) is 37.8 Å². The predicted octanol–water partition coefficient (Wildman–Crippen LogP) is 4.39. The van der Waals surface area contributed by atoms with Crippen molar-refractivity contribution >= 4 is 27.7 Å². The van der Waals surface area contributed by atoms with Crippen molar-refractivity contribution in [1.82, 2.24) is 5.32 Å². The van der Waals surface area contributed by atoms with E-state index in [1.165, 1.54) is 28.6 Å². The first kappa shape index (κ1) is 13.4. The van der Waals surface area contributed by atoms with Gasteiger partial charge in [0.1, 0.15) is 0 Å². The van der Waals surface area contributed by atoms with E-state index in [0.29, 0.717) is 6.04 Å². The Labute approximate surface area is 117 Å². The van der Waals surface area contributed by atoms with Crippen molar-refractivity contribution in [1.29, 1.82) is 0 Å². The Kier molecular flexibility index (Phi) is 5.39. The molecule has 1 heterocycles. The van der Waals surface area contributed by atoms with E-state index < -0.39 is 0 Å². The second kappa shape index (κ2) is 6.81. The average Bonchev–Trinajstić information content (AvgIpc) is 2.83. The quantitative estimate of drug-likeness (QED) is 0.865. The highest BCUT2D eigenvalue weighted by Crippen LogP contribution is 2.27. The van der Waals surface area contributed by atoms with E-state index in [0.717, 1.165) is 18.2 Å². The average molecular weight is 314 g/mol. The molecule has 1 aromatic carbocycles. The van der Waals surface area contributed by atoms with Gasteiger partial charge in [0.05, 0.1) is 0 Å². The van der Waals surface area contributed by atoms with Crippen molar-refractivity contribution in [2.75, 3.05) is 12.3 Å². The van der Waals surface area contributed by atoms with Crippen LogP contribution in [0, 0.1) is 0 Å². The van der Waals surface area contributed by atoms with Gasteiger partial charge in [-0.3, -0.25) is 0 Å². The number of nitrogens with one attached hydrogen (secondary N) is 1. The van der Waals surface area contributed by atoms with Crippen molar-refractivity contribution in [2.24, 2.45) is 0 Å². The van der Waals surface area contributed by atoms with E-state index >= 15 is 0 Å². The van der Waals surface area contributed by atoms with Gasteiger partial charge in [0, 0.05) is 22.3 Å². The summed E-state index contributed by atoms with van der Waals surface area (Å²) in [5, 5.41) is 4.54. The molecule has 0 saturated carbocycles. The minimum atomic E-state index is 0.494. The van der Waals surface area contributed by atoms with E-state index in [1.807, 2.05) is 0 Å². The van der Waals surface area contributed by atoms with Crippen LogP contribution < -0.4 is 5.32 Å². The highest BCUT2D eigenvalue weighted by atomic mass is 79.9. The normalized spacial score (nSPS) is 21.6. The van der Waals surface area contributed by atoms with Crippen molar-refractivity contribution in [3.8, 4) is 0 Å². The molecular weight excluding hydrogens is 294 g/mol. The molecule has 2 rings (SSSR count). The summed E-state index contributed by atoms with van der Waals surface area (Å²) < 4.78 is 1.17. The predicted molar refractivity (Wildman–Crippen MR) is 80.7 cm³/mol. The summed E-state index contributed by atoms with van der Waals surface area (Å²) in [5.74, 6) is 1.35. The van der Waals surface area contributed by atoms with Gasteiger partial charge in [-0.2, -0.15) is 11.8 Å². The maximum Gasteiger partial charge on any atom is 0.0318 e. The largest absolute Gasteiger partial charge is 0.309 e. The molecule has 1 N–H and O–H groups in total. The Morgan fingerprint density at radius 2 is 2.41 bits per heavy atom. The van der Waals surface area contributed by atoms with Crippen LogP contribution in [0.15, 0.2) is 28.7 Å². The van der Waals surface area contributed by atoms with Gasteiger partial charge in [-0.15, -0.1) is 0 Å². The molecule has 1 nitrogen and oxygen atoms in total. The standard InChI is InChI=1S/C14H20BrNS/c1-2-14(11-5-3-6-12(15)9-11)16-10-13-7-4-8-17-13/h3,5-6,9,13-14,16H,2,4,7-8,10H2,1H3. The van der Waals surface area contributed by atoms with Gasteiger partial charge in [-0.05, 0) is 42.7 Å². The second-order valence-electron chi connectivity index (χ2n) is 4.56. The molecule has 17 heavy (non-hydrogen) atoms. The zero-order valence-electron chi connectivity index (χ0n) is 10.3. The molecule has 1 aromatic rings. The molecule has 1 fully saturated rings. The van der Waals surface area contributed by atoms with Crippen LogP contribution in [0.5, 0.6) is 0 Å². The molecule has 1 saturated heterocycles. The summed E-state index contributed by atoms with van der Waals surface area (Å²) in [4.78, 5) is 0. The van der Waals surface area contributed by atoms with E-state index in [2.05, 4.69) is 64.2 Å². The number of rotatable bonds is 5. The van der Waals surface area contributed by atoms with Gasteiger partial charge < -0.3 is 5.32 Å². The van der Waals surface area contributed by atoms with Crippen molar-refractivity contribution in [3.05, 3.63) is 34.3 Å². The lowest BCUT2D eigenvalue weighted by atomic mass is 10.0. The zero-order chi connectivity index (χ0) is 12.1. The number of hydrogen-bond donors (Lipinski definition) is 1. The van der Waals surface area contributed by atoms with Crippen LogP contribution in [-0.2, 0) is 0 Å². The molecule has 2 unspecified atom stereocenters. The zero-order valence-corrected chi connectivity index (χ0v) is 12.7. The minimum Gasteiger partial charge on any atom is -0.309 e. The van der Waals surface area contributed by atoms with Crippen LogP contribution in [-0.4, -0.2) is 17.5 Å². The van der Waals surface area contributed by atoms with Gasteiger partial charge in [0.25, 0.3) is 0 Å². The SMILES string of the molecule is CCC(NCC1CCCS1)c1cccc(Br)c1. The molecule has 0 aliphatic carbocycles. The second-order valence-corrected chi connectivity index (χ2v) is 6.88. The third kappa shape index (κ3) is 4.01. The Morgan fingerprint density at radius 1 is 1.53 bits per heavy atom. The van der Waals surface area contributed by atoms with Gasteiger partial charge in [-0.25, -0.2) is 0 Å². The number of benzene rings is 1. The molecule has 0 amide bonds. The van der Waals surface area contributed by atoms with Gasteiger partial charge >= 0.3 is 0 Å².